The first-order valence-corrected chi connectivity index (χ1v) is 4.95. The monoisotopic (exact) mass is 204 g/mol. The number of carbonyl (C=O) groups is 2. The highest BCUT2D eigenvalue weighted by Gasteiger charge is 2.28. The van der Waals surface area contributed by atoms with E-state index in [-0.39, 0.29) is 24.1 Å². The average Bonchev–Trinajstić information content (AvgIpc) is 2.43. The molecule has 0 saturated carbocycles. The predicted molar refractivity (Wildman–Crippen MR) is 55.2 cm³/mol. The van der Waals surface area contributed by atoms with Crippen molar-refractivity contribution in [3.05, 3.63) is 29.3 Å². The fourth-order valence-corrected chi connectivity index (χ4v) is 1.67. The van der Waals surface area contributed by atoms with Crippen molar-refractivity contribution in [2.45, 2.75) is 26.4 Å². The Labute approximate surface area is 88.1 Å². The molecule has 2 rings (SSSR count). The number of hydrogen-bond donors (Lipinski definition) is 0. The van der Waals surface area contributed by atoms with Gasteiger partial charge >= 0.3 is 0 Å². The predicted octanol–water partition coefficient (Wildman–Crippen LogP) is 1.78. The molecule has 0 N–H and O–H groups in total. The van der Waals surface area contributed by atoms with Gasteiger partial charge in [0, 0.05) is 12.0 Å². The van der Waals surface area contributed by atoms with E-state index in [0.29, 0.717) is 11.3 Å². The molecule has 1 aromatic carbocycles. The van der Waals surface area contributed by atoms with Crippen molar-refractivity contribution in [2.24, 2.45) is 0 Å². The Kier molecular flexibility index (Phi) is 2.31. The van der Waals surface area contributed by atoms with E-state index in [9.17, 15) is 9.59 Å². The average molecular weight is 204 g/mol. The van der Waals surface area contributed by atoms with Crippen molar-refractivity contribution in [3.63, 3.8) is 0 Å². The molecule has 15 heavy (non-hydrogen) atoms. The normalized spacial score (nSPS) is 14.6. The van der Waals surface area contributed by atoms with Crippen molar-refractivity contribution in [1.82, 2.24) is 0 Å². The number of ether oxygens (including phenoxy) is 1. The Bertz CT molecular complexity index is 432. The van der Waals surface area contributed by atoms with Crippen LogP contribution in [0.3, 0.4) is 0 Å². The van der Waals surface area contributed by atoms with Gasteiger partial charge in [-0.1, -0.05) is 6.07 Å². The molecule has 1 aliphatic carbocycles. The summed E-state index contributed by atoms with van der Waals surface area (Å²) in [4.78, 5) is 22.6. The van der Waals surface area contributed by atoms with Crippen molar-refractivity contribution in [3.8, 4) is 5.75 Å². The minimum atomic E-state index is -0.390. The van der Waals surface area contributed by atoms with Crippen LogP contribution >= 0.6 is 0 Å². The molecule has 3 nitrogen and oxygen atoms in total. The van der Waals surface area contributed by atoms with Crippen LogP contribution < -0.4 is 4.74 Å². The second kappa shape index (κ2) is 3.50. The van der Waals surface area contributed by atoms with Gasteiger partial charge in [-0.3, -0.25) is 9.59 Å². The summed E-state index contributed by atoms with van der Waals surface area (Å²) in [5.41, 5.74) is 1.30. The van der Waals surface area contributed by atoms with E-state index in [2.05, 4.69) is 0 Å². The molecule has 1 aliphatic rings. The van der Waals surface area contributed by atoms with E-state index in [1.807, 2.05) is 13.8 Å². The number of Topliss-reactive ketones (excluding diaryl/α,β-unsaturated/α-hetero) is 2. The molecule has 0 bridgehead atoms. The zero-order valence-electron chi connectivity index (χ0n) is 8.74. The maximum absolute atomic E-state index is 11.4. The molecule has 0 aromatic heterocycles. The van der Waals surface area contributed by atoms with E-state index in [1.165, 1.54) is 0 Å². The van der Waals surface area contributed by atoms with Gasteiger partial charge in [-0.05, 0) is 31.5 Å². The van der Waals surface area contributed by atoms with Gasteiger partial charge in [0.25, 0.3) is 0 Å². The van der Waals surface area contributed by atoms with Crippen LogP contribution in [0.25, 0.3) is 0 Å². The van der Waals surface area contributed by atoms with E-state index in [4.69, 9.17) is 4.74 Å². The summed E-state index contributed by atoms with van der Waals surface area (Å²) in [5.74, 6) is -0.0716. The standard InChI is InChI=1S/C12H12O3/c1-7(2)15-9-4-3-8-5-11(13)12(14)10(8)6-9/h3-4,6-7H,5H2,1-2H3. The molecule has 0 fully saturated rings. The van der Waals surface area contributed by atoms with Crippen molar-refractivity contribution < 1.29 is 14.3 Å². The van der Waals surface area contributed by atoms with E-state index in [0.717, 1.165) is 5.56 Å². The molecule has 0 radical (unpaired) electrons. The largest absolute Gasteiger partial charge is 0.491 e. The Morgan fingerprint density at radius 1 is 1.27 bits per heavy atom. The fraction of sp³-hybridized carbons (Fsp3) is 0.333. The quantitative estimate of drug-likeness (QED) is 0.690. The third kappa shape index (κ3) is 1.77. The van der Waals surface area contributed by atoms with E-state index in [1.54, 1.807) is 18.2 Å². The van der Waals surface area contributed by atoms with Crippen LogP contribution in [-0.4, -0.2) is 17.7 Å². The fourth-order valence-electron chi connectivity index (χ4n) is 1.67. The highest BCUT2D eigenvalue weighted by molar-refractivity contribution is 6.47. The van der Waals surface area contributed by atoms with Crippen LogP contribution in [0, 0.1) is 0 Å². The summed E-state index contributed by atoms with van der Waals surface area (Å²) in [6, 6.07) is 5.24. The molecule has 0 saturated heterocycles. The lowest BCUT2D eigenvalue weighted by Crippen LogP contribution is -2.07. The van der Waals surface area contributed by atoms with E-state index >= 15 is 0 Å². The summed E-state index contributed by atoms with van der Waals surface area (Å²) in [5, 5.41) is 0. The van der Waals surface area contributed by atoms with Crippen LogP contribution in [0.4, 0.5) is 0 Å². The van der Waals surface area contributed by atoms with Gasteiger partial charge in [0.05, 0.1) is 6.10 Å². The van der Waals surface area contributed by atoms with Crippen LogP contribution in [0.15, 0.2) is 18.2 Å². The van der Waals surface area contributed by atoms with Gasteiger partial charge in [0.2, 0.25) is 11.6 Å². The molecule has 0 spiro atoms. The summed E-state index contributed by atoms with van der Waals surface area (Å²) >= 11 is 0. The molecule has 0 atom stereocenters. The second-order valence-corrected chi connectivity index (χ2v) is 3.91. The number of ketones is 2. The lowest BCUT2D eigenvalue weighted by atomic mass is 10.1. The molecule has 3 heteroatoms. The van der Waals surface area contributed by atoms with Gasteiger partial charge < -0.3 is 4.74 Å². The molecule has 0 amide bonds. The van der Waals surface area contributed by atoms with E-state index < -0.39 is 0 Å². The molecular formula is C12H12O3. The van der Waals surface area contributed by atoms with Gasteiger partial charge in [-0.15, -0.1) is 0 Å². The summed E-state index contributed by atoms with van der Waals surface area (Å²) in [7, 11) is 0. The summed E-state index contributed by atoms with van der Waals surface area (Å²) in [6.07, 6.45) is 0.297. The van der Waals surface area contributed by atoms with Gasteiger partial charge in [0.15, 0.2) is 0 Å². The highest BCUT2D eigenvalue weighted by Crippen LogP contribution is 2.24. The van der Waals surface area contributed by atoms with Crippen LogP contribution in [0.2, 0.25) is 0 Å². The highest BCUT2D eigenvalue weighted by atomic mass is 16.5. The van der Waals surface area contributed by atoms with Crippen LogP contribution in [0.1, 0.15) is 29.8 Å². The Hall–Kier alpha value is -1.64. The summed E-state index contributed by atoms with van der Waals surface area (Å²) < 4.78 is 5.46. The first kappa shape index (κ1) is 9.90. The molecule has 0 heterocycles. The second-order valence-electron chi connectivity index (χ2n) is 3.91. The number of rotatable bonds is 2. The summed E-state index contributed by atoms with van der Waals surface area (Å²) in [6.45, 7) is 3.83. The Balaban J connectivity index is 2.35. The smallest absolute Gasteiger partial charge is 0.229 e. The van der Waals surface area contributed by atoms with Crippen LogP contribution in [-0.2, 0) is 11.2 Å². The Morgan fingerprint density at radius 3 is 2.67 bits per heavy atom. The minimum absolute atomic E-state index is 0.0651. The zero-order valence-corrected chi connectivity index (χ0v) is 8.74. The first-order valence-electron chi connectivity index (χ1n) is 4.95. The van der Waals surface area contributed by atoms with Crippen molar-refractivity contribution in [2.75, 3.05) is 0 Å². The van der Waals surface area contributed by atoms with Gasteiger partial charge in [-0.2, -0.15) is 0 Å². The third-order valence-electron chi connectivity index (χ3n) is 2.30. The molecule has 0 unspecified atom stereocenters. The lowest BCUT2D eigenvalue weighted by molar-refractivity contribution is -0.114. The number of fused-ring (bicyclic) bond motifs is 1. The zero-order chi connectivity index (χ0) is 11.0. The maximum Gasteiger partial charge on any atom is 0.229 e. The van der Waals surface area contributed by atoms with Gasteiger partial charge in [-0.25, -0.2) is 0 Å². The first-order chi connectivity index (χ1) is 7.08. The topological polar surface area (TPSA) is 43.4 Å². The number of benzene rings is 1. The van der Waals surface area contributed by atoms with Crippen LogP contribution in [0.5, 0.6) is 5.75 Å². The minimum Gasteiger partial charge on any atom is -0.491 e. The third-order valence-corrected chi connectivity index (χ3v) is 2.30. The number of hydrogen-bond acceptors (Lipinski definition) is 3. The van der Waals surface area contributed by atoms with Crippen molar-refractivity contribution >= 4 is 11.6 Å². The van der Waals surface area contributed by atoms with Gasteiger partial charge in [0.1, 0.15) is 5.75 Å². The molecule has 78 valence electrons. The Morgan fingerprint density at radius 2 is 2.00 bits per heavy atom. The molecule has 1 aromatic rings. The van der Waals surface area contributed by atoms with Crippen molar-refractivity contribution in [1.29, 1.82) is 0 Å². The lowest BCUT2D eigenvalue weighted by Gasteiger charge is -2.10. The molecular weight excluding hydrogens is 192 g/mol. The number of carbonyl (C=O) groups excluding carboxylic acids is 2. The molecule has 0 aliphatic heterocycles. The maximum atomic E-state index is 11.4. The SMILES string of the molecule is CC(C)Oc1ccc2c(c1)C(=O)C(=O)C2.